The highest BCUT2D eigenvalue weighted by atomic mass is 32.2. The Morgan fingerprint density at radius 3 is 1.97 bits per heavy atom. The van der Waals surface area contributed by atoms with Gasteiger partial charge in [0.25, 0.3) is 0 Å². The molecule has 0 spiro atoms. The molecule has 0 radical (unpaired) electrons. The predicted molar refractivity (Wildman–Crippen MR) is 122 cm³/mol. The molecule has 4 rings (SSSR count). The molecule has 0 saturated heterocycles. The molecule has 4 aromatic rings. The van der Waals surface area contributed by atoms with Crippen LogP contribution in [0.1, 0.15) is 16.8 Å². The largest absolute Gasteiger partial charge is 0.246 e. The third kappa shape index (κ3) is 4.93. The Morgan fingerprint density at radius 2 is 1.35 bits per heavy atom. The fourth-order valence-electron chi connectivity index (χ4n) is 3.52. The van der Waals surface area contributed by atoms with Crippen LogP contribution in [0.5, 0.6) is 0 Å². The van der Waals surface area contributed by atoms with Crippen molar-refractivity contribution in [3.05, 3.63) is 114 Å². The van der Waals surface area contributed by atoms with E-state index in [1.165, 1.54) is 0 Å². The van der Waals surface area contributed by atoms with Crippen LogP contribution in [0.3, 0.4) is 0 Å². The monoisotopic (exact) mass is 431 g/mol. The third-order valence-corrected chi connectivity index (χ3v) is 7.14. The zero-order valence-corrected chi connectivity index (χ0v) is 18.2. The Labute approximate surface area is 183 Å². The van der Waals surface area contributed by atoms with Crippen molar-refractivity contribution in [2.75, 3.05) is 6.54 Å². The molecule has 0 unspecified atom stereocenters. The fourth-order valence-corrected chi connectivity index (χ4v) is 5.10. The van der Waals surface area contributed by atoms with Crippen LogP contribution in [0.15, 0.2) is 102 Å². The van der Waals surface area contributed by atoms with E-state index in [9.17, 15) is 8.42 Å². The van der Waals surface area contributed by atoms with Gasteiger partial charge in [-0.15, -0.1) is 0 Å². The van der Waals surface area contributed by atoms with Crippen LogP contribution in [-0.4, -0.2) is 29.0 Å². The molecule has 3 aromatic carbocycles. The quantitative estimate of drug-likeness (QED) is 0.409. The van der Waals surface area contributed by atoms with E-state index in [4.69, 9.17) is 0 Å². The molecule has 0 N–H and O–H groups in total. The lowest BCUT2D eigenvalue weighted by Gasteiger charge is -2.22. The SMILES string of the molecule is Cc1nn(-c2ccccc2)cc1S(=O)(=O)N(CCc1ccccc1)Cc1ccccc1. The van der Waals surface area contributed by atoms with Gasteiger partial charge in [0.2, 0.25) is 10.0 Å². The number of sulfonamides is 1. The first-order valence-electron chi connectivity index (χ1n) is 10.2. The second-order valence-electron chi connectivity index (χ2n) is 7.42. The van der Waals surface area contributed by atoms with Crippen molar-refractivity contribution in [1.82, 2.24) is 14.1 Å². The van der Waals surface area contributed by atoms with Crippen molar-refractivity contribution in [2.24, 2.45) is 0 Å². The second kappa shape index (κ2) is 9.29. The van der Waals surface area contributed by atoms with Gasteiger partial charge < -0.3 is 0 Å². The minimum atomic E-state index is -3.74. The molecule has 0 saturated carbocycles. The highest BCUT2D eigenvalue weighted by Gasteiger charge is 2.28. The van der Waals surface area contributed by atoms with Crippen LogP contribution >= 0.6 is 0 Å². The van der Waals surface area contributed by atoms with Crippen molar-refractivity contribution in [1.29, 1.82) is 0 Å². The number of aromatic nitrogens is 2. The van der Waals surface area contributed by atoms with Gasteiger partial charge in [0.05, 0.1) is 17.6 Å². The summed E-state index contributed by atoms with van der Waals surface area (Å²) in [5, 5.41) is 4.47. The highest BCUT2D eigenvalue weighted by Crippen LogP contribution is 2.23. The van der Waals surface area contributed by atoms with Gasteiger partial charge in [0, 0.05) is 13.1 Å². The third-order valence-electron chi connectivity index (χ3n) is 5.19. The zero-order chi connectivity index (χ0) is 21.7. The molecule has 0 atom stereocenters. The molecule has 5 nitrogen and oxygen atoms in total. The molecule has 6 heteroatoms. The number of benzene rings is 3. The molecule has 0 aliphatic rings. The van der Waals surface area contributed by atoms with Gasteiger partial charge in [0.15, 0.2) is 0 Å². The summed E-state index contributed by atoms with van der Waals surface area (Å²) in [6.45, 7) is 2.44. The van der Waals surface area contributed by atoms with Gasteiger partial charge in [-0.2, -0.15) is 9.40 Å². The van der Waals surface area contributed by atoms with E-state index in [2.05, 4.69) is 5.10 Å². The molecule has 0 aliphatic carbocycles. The number of nitrogens with zero attached hydrogens (tertiary/aromatic N) is 3. The second-order valence-corrected chi connectivity index (χ2v) is 9.33. The summed E-state index contributed by atoms with van der Waals surface area (Å²) in [5.74, 6) is 0. The van der Waals surface area contributed by atoms with Crippen LogP contribution in [0.4, 0.5) is 0 Å². The summed E-state index contributed by atoms with van der Waals surface area (Å²) in [5.41, 5.74) is 3.37. The minimum absolute atomic E-state index is 0.236. The topological polar surface area (TPSA) is 55.2 Å². The molecule has 158 valence electrons. The van der Waals surface area contributed by atoms with E-state index in [1.54, 1.807) is 22.1 Å². The first-order chi connectivity index (χ1) is 15.0. The van der Waals surface area contributed by atoms with Crippen LogP contribution < -0.4 is 0 Å². The maximum absolute atomic E-state index is 13.7. The summed E-state index contributed by atoms with van der Waals surface area (Å²) < 4.78 is 30.6. The van der Waals surface area contributed by atoms with Crippen molar-refractivity contribution < 1.29 is 8.42 Å². The highest BCUT2D eigenvalue weighted by molar-refractivity contribution is 7.89. The van der Waals surface area contributed by atoms with Gasteiger partial charge in [-0.1, -0.05) is 78.9 Å². The van der Waals surface area contributed by atoms with Gasteiger partial charge >= 0.3 is 0 Å². The van der Waals surface area contributed by atoms with Crippen LogP contribution in [-0.2, 0) is 23.0 Å². The van der Waals surface area contributed by atoms with E-state index >= 15 is 0 Å². The molecule has 0 amide bonds. The lowest BCUT2D eigenvalue weighted by Crippen LogP contribution is -2.32. The molecule has 31 heavy (non-hydrogen) atoms. The first-order valence-corrected chi connectivity index (χ1v) is 11.7. The molecule has 1 heterocycles. The van der Waals surface area contributed by atoms with E-state index in [-0.39, 0.29) is 4.90 Å². The van der Waals surface area contributed by atoms with Gasteiger partial charge in [0.1, 0.15) is 4.90 Å². The van der Waals surface area contributed by atoms with Crippen molar-refractivity contribution in [3.63, 3.8) is 0 Å². The molecule has 0 bridgehead atoms. The van der Waals surface area contributed by atoms with Gasteiger partial charge in [-0.3, -0.25) is 0 Å². The Balaban J connectivity index is 1.66. The summed E-state index contributed by atoms with van der Waals surface area (Å²) in [7, 11) is -3.74. The molecule has 1 aromatic heterocycles. The first kappa shape index (κ1) is 21.0. The normalized spacial score (nSPS) is 11.7. The van der Waals surface area contributed by atoms with Crippen molar-refractivity contribution >= 4 is 10.0 Å². The number of para-hydroxylation sites is 1. The molecular formula is C25H25N3O2S. The van der Waals surface area contributed by atoms with Crippen LogP contribution in [0, 0.1) is 6.92 Å². The standard InChI is InChI=1S/C25H25N3O2S/c1-21-25(20-28(26-21)24-15-9-4-10-16-24)31(29,30)27(19-23-13-7-3-8-14-23)18-17-22-11-5-2-6-12-22/h2-16,20H,17-19H2,1H3. The van der Waals surface area contributed by atoms with Crippen LogP contribution in [0.25, 0.3) is 5.69 Å². The maximum Gasteiger partial charge on any atom is 0.246 e. The van der Waals surface area contributed by atoms with E-state index in [0.29, 0.717) is 25.2 Å². The van der Waals surface area contributed by atoms with Crippen molar-refractivity contribution in [2.45, 2.75) is 24.8 Å². The molecule has 0 fully saturated rings. The molecular weight excluding hydrogens is 406 g/mol. The fraction of sp³-hybridized carbons (Fsp3) is 0.160. The van der Waals surface area contributed by atoms with Gasteiger partial charge in [-0.05, 0) is 36.6 Å². The average Bonchev–Trinajstić information content (AvgIpc) is 3.21. The number of hydrogen-bond donors (Lipinski definition) is 0. The van der Waals surface area contributed by atoms with Crippen molar-refractivity contribution in [3.8, 4) is 5.69 Å². The van der Waals surface area contributed by atoms with E-state index < -0.39 is 10.0 Å². The smallest absolute Gasteiger partial charge is 0.239 e. The minimum Gasteiger partial charge on any atom is -0.239 e. The summed E-state index contributed by atoms with van der Waals surface area (Å²) in [4.78, 5) is 0.236. The predicted octanol–water partition coefficient (Wildman–Crippen LogP) is 4.61. The lowest BCUT2D eigenvalue weighted by atomic mass is 10.1. The Morgan fingerprint density at radius 1 is 0.806 bits per heavy atom. The van der Waals surface area contributed by atoms with Crippen LogP contribution in [0.2, 0.25) is 0 Å². The maximum atomic E-state index is 13.7. The summed E-state index contributed by atoms with van der Waals surface area (Å²) in [6.07, 6.45) is 2.25. The summed E-state index contributed by atoms with van der Waals surface area (Å²) >= 11 is 0. The Kier molecular flexibility index (Phi) is 6.30. The van der Waals surface area contributed by atoms with E-state index in [0.717, 1.165) is 16.8 Å². The average molecular weight is 432 g/mol. The number of rotatable bonds is 8. The lowest BCUT2D eigenvalue weighted by molar-refractivity contribution is 0.409. The Hall–Kier alpha value is -3.22. The molecule has 0 aliphatic heterocycles. The Bertz CT molecular complexity index is 1220. The summed E-state index contributed by atoms with van der Waals surface area (Å²) in [6, 6.07) is 29.2. The van der Waals surface area contributed by atoms with Gasteiger partial charge in [-0.25, -0.2) is 13.1 Å². The van der Waals surface area contributed by atoms with E-state index in [1.807, 2.05) is 91.0 Å². The zero-order valence-electron chi connectivity index (χ0n) is 17.4. The number of hydrogen-bond acceptors (Lipinski definition) is 3. The number of aryl methyl sites for hydroxylation is 1.